The molecule has 1 fully saturated rings. The molecule has 1 heterocycles. The number of Topliss-reactive ketones (excluding diaryl/α,β-unsaturated/α-hetero) is 2. The number of nitrogens with zero attached hydrogens (tertiary/aromatic N) is 1. The van der Waals surface area contributed by atoms with Crippen LogP contribution in [0.25, 0.3) is 0 Å². The molecule has 3 rings (SSSR count). The molecule has 7 heteroatoms. The molecule has 2 aliphatic rings. The Morgan fingerprint density at radius 1 is 1.14 bits per heavy atom. The highest BCUT2D eigenvalue weighted by molar-refractivity contribution is 5.99. The molecule has 1 saturated carbocycles. The fourth-order valence-electron chi connectivity index (χ4n) is 4.37. The monoisotopic (exact) mass is 387 g/mol. The third-order valence-corrected chi connectivity index (χ3v) is 5.48. The van der Waals surface area contributed by atoms with Crippen molar-refractivity contribution in [2.75, 3.05) is 19.1 Å². The van der Waals surface area contributed by atoms with Gasteiger partial charge in [-0.25, -0.2) is 0 Å². The van der Waals surface area contributed by atoms with E-state index in [1.807, 2.05) is 17.9 Å². The number of allylic oxidation sites excluding steroid dienone is 1. The van der Waals surface area contributed by atoms with Gasteiger partial charge in [-0.1, -0.05) is 0 Å². The van der Waals surface area contributed by atoms with E-state index in [0.29, 0.717) is 34.9 Å². The first-order valence-corrected chi connectivity index (χ1v) is 9.21. The van der Waals surface area contributed by atoms with Crippen LogP contribution in [0, 0.1) is 5.92 Å². The van der Waals surface area contributed by atoms with Crippen LogP contribution >= 0.6 is 0 Å². The third kappa shape index (κ3) is 3.37. The van der Waals surface area contributed by atoms with Gasteiger partial charge in [0.2, 0.25) is 0 Å². The van der Waals surface area contributed by atoms with Crippen LogP contribution in [0.1, 0.15) is 33.6 Å². The lowest BCUT2D eigenvalue weighted by atomic mass is 9.72. The number of carbonyl (C=O) groups is 3. The van der Waals surface area contributed by atoms with E-state index in [1.165, 1.54) is 13.8 Å². The quantitative estimate of drug-likeness (QED) is 0.719. The van der Waals surface area contributed by atoms with Crippen molar-refractivity contribution < 1.29 is 28.6 Å². The zero-order chi connectivity index (χ0) is 20.6. The molecule has 0 unspecified atom stereocenters. The van der Waals surface area contributed by atoms with Crippen LogP contribution in [0.2, 0.25) is 0 Å². The average molecular weight is 387 g/mol. The smallest absolute Gasteiger partial charge is 0.302 e. The number of esters is 1. The molecular weight excluding hydrogens is 362 g/mol. The second-order valence-corrected chi connectivity index (χ2v) is 7.14. The van der Waals surface area contributed by atoms with Crippen LogP contribution in [-0.4, -0.2) is 43.9 Å². The Kier molecular flexibility index (Phi) is 5.45. The van der Waals surface area contributed by atoms with Gasteiger partial charge < -0.3 is 19.1 Å². The Hall–Kier alpha value is -2.83. The lowest BCUT2D eigenvalue weighted by molar-refractivity contribution is -0.152. The molecular formula is C21H25NO6. The first-order valence-electron chi connectivity index (χ1n) is 9.21. The van der Waals surface area contributed by atoms with Gasteiger partial charge in [0.25, 0.3) is 0 Å². The largest absolute Gasteiger partial charge is 0.497 e. The van der Waals surface area contributed by atoms with Crippen molar-refractivity contribution in [1.82, 2.24) is 0 Å². The number of fused-ring (bicyclic) bond motifs is 2. The summed E-state index contributed by atoms with van der Waals surface area (Å²) >= 11 is 0. The highest BCUT2D eigenvalue weighted by Crippen LogP contribution is 2.45. The Balaban J connectivity index is 2.14. The van der Waals surface area contributed by atoms with Crippen molar-refractivity contribution in [2.24, 2.45) is 5.92 Å². The van der Waals surface area contributed by atoms with Crippen LogP contribution < -0.4 is 14.4 Å². The van der Waals surface area contributed by atoms with Gasteiger partial charge in [0.05, 0.1) is 25.9 Å². The number of carbonyl (C=O) groups excluding carboxylic acids is 3. The lowest BCUT2D eigenvalue weighted by Crippen LogP contribution is -2.54. The van der Waals surface area contributed by atoms with Crippen molar-refractivity contribution in [2.45, 2.75) is 45.8 Å². The molecule has 1 aromatic carbocycles. The molecule has 1 aliphatic heterocycles. The second-order valence-electron chi connectivity index (χ2n) is 7.14. The van der Waals surface area contributed by atoms with Gasteiger partial charge in [0.1, 0.15) is 17.6 Å². The molecule has 0 N–H and O–H groups in total. The average Bonchev–Trinajstić information content (AvgIpc) is 2.64. The molecule has 150 valence electrons. The van der Waals surface area contributed by atoms with Crippen LogP contribution in [-0.2, 0) is 19.1 Å². The first kappa shape index (κ1) is 19.9. The number of hydrogen-bond donors (Lipinski definition) is 0. The summed E-state index contributed by atoms with van der Waals surface area (Å²) < 4.78 is 16.2. The van der Waals surface area contributed by atoms with E-state index in [0.717, 1.165) is 0 Å². The summed E-state index contributed by atoms with van der Waals surface area (Å²) in [7, 11) is 3.12. The summed E-state index contributed by atoms with van der Waals surface area (Å²) in [5.74, 6) is 0.330. The lowest BCUT2D eigenvalue weighted by Gasteiger charge is -2.47. The summed E-state index contributed by atoms with van der Waals surface area (Å²) in [4.78, 5) is 38.8. The SMILES string of the molecule is COc1ccc(N2C(C)=C(C(C)=O)[C@@H]3C[C@H]2C(=O)C[C@H]3OC(C)=O)c(OC)c1. The maximum absolute atomic E-state index is 12.9. The Morgan fingerprint density at radius 3 is 2.43 bits per heavy atom. The molecule has 0 aromatic heterocycles. The molecule has 2 bridgehead atoms. The zero-order valence-corrected chi connectivity index (χ0v) is 16.8. The maximum atomic E-state index is 12.9. The van der Waals surface area contributed by atoms with Gasteiger partial charge in [-0.15, -0.1) is 0 Å². The number of anilines is 1. The minimum atomic E-state index is -0.602. The molecule has 3 atom stereocenters. The first-order chi connectivity index (χ1) is 13.3. The van der Waals surface area contributed by atoms with Gasteiger partial charge >= 0.3 is 5.97 Å². The van der Waals surface area contributed by atoms with Crippen LogP contribution in [0.5, 0.6) is 11.5 Å². The normalized spacial score (nSPS) is 24.1. The molecule has 1 aromatic rings. The van der Waals surface area contributed by atoms with E-state index in [-0.39, 0.29) is 23.9 Å². The molecule has 0 radical (unpaired) electrons. The highest BCUT2D eigenvalue weighted by atomic mass is 16.5. The summed E-state index contributed by atoms with van der Waals surface area (Å²) in [5.41, 5.74) is 1.97. The fraction of sp³-hybridized carbons (Fsp3) is 0.476. The number of ketones is 2. The minimum Gasteiger partial charge on any atom is -0.497 e. The fourth-order valence-corrected chi connectivity index (χ4v) is 4.37. The van der Waals surface area contributed by atoms with Crippen molar-refractivity contribution in [3.63, 3.8) is 0 Å². The third-order valence-electron chi connectivity index (χ3n) is 5.48. The molecule has 0 amide bonds. The number of benzene rings is 1. The predicted octanol–water partition coefficient (Wildman–Crippen LogP) is 2.67. The van der Waals surface area contributed by atoms with E-state index in [4.69, 9.17) is 14.2 Å². The van der Waals surface area contributed by atoms with E-state index in [9.17, 15) is 14.4 Å². The van der Waals surface area contributed by atoms with Gasteiger partial charge in [-0.05, 0) is 32.4 Å². The van der Waals surface area contributed by atoms with Gasteiger partial charge in [-0.2, -0.15) is 0 Å². The van der Waals surface area contributed by atoms with Crippen LogP contribution in [0.3, 0.4) is 0 Å². The van der Waals surface area contributed by atoms with E-state index in [1.54, 1.807) is 26.4 Å². The summed E-state index contributed by atoms with van der Waals surface area (Å²) in [5, 5.41) is 0. The summed E-state index contributed by atoms with van der Waals surface area (Å²) in [6.45, 7) is 4.64. The van der Waals surface area contributed by atoms with Gasteiger partial charge in [0, 0.05) is 36.6 Å². The molecule has 1 aliphatic carbocycles. The van der Waals surface area contributed by atoms with E-state index < -0.39 is 18.1 Å². The van der Waals surface area contributed by atoms with Crippen LogP contribution in [0.15, 0.2) is 29.5 Å². The Bertz CT molecular complexity index is 858. The van der Waals surface area contributed by atoms with Gasteiger partial charge in [0.15, 0.2) is 11.6 Å². The van der Waals surface area contributed by atoms with E-state index >= 15 is 0 Å². The topological polar surface area (TPSA) is 82.1 Å². The molecule has 7 nitrogen and oxygen atoms in total. The van der Waals surface area contributed by atoms with Gasteiger partial charge in [-0.3, -0.25) is 14.4 Å². The Labute approximate surface area is 164 Å². The molecule has 28 heavy (non-hydrogen) atoms. The predicted molar refractivity (Wildman–Crippen MR) is 102 cm³/mol. The number of ether oxygens (including phenoxy) is 3. The molecule has 0 spiro atoms. The van der Waals surface area contributed by atoms with Crippen molar-refractivity contribution in [3.8, 4) is 11.5 Å². The Morgan fingerprint density at radius 2 is 1.86 bits per heavy atom. The second kappa shape index (κ2) is 7.66. The van der Waals surface area contributed by atoms with Crippen molar-refractivity contribution >= 4 is 23.2 Å². The van der Waals surface area contributed by atoms with Crippen molar-refractivity contribution in [3.05, 3.63) is 29.5 Å². The summed E-state index contributed by atoms with van der Waals surface area (Å²) in [6, 6.07) is 4.92. The highest BCUT2D eigenvalue weighted by Gasteiger charge is 2.48. The summed E-state index contributed by atoms with van der Waals surface area (Å²) in [6.07, 6.45) is -0.0957. The number of rotatable bonds is 5. The number of hydrogen-bond acceptors (Lipinski definition) is 7. The van der Waals surface area contributed by atoms with E-state index in [2.05, 4.69) is 0 Å². The zero-order valence-electron chi connectivity index (χ0n) is 16.8. The van der Waals surface area contributed by atoms with Crippen molar-refractivity contribution in [1.29, 1.82) is 0 Å². The maximum Gasteiger partial charge on any atom is 0.302 e. The number of methoxy groups -OCH3 is 2. The standard InChI is InChI=1S/C21H25NO6/c1-11-21(12(2)23)15-9-17(18(25)10-19(15)28-13(3)24)22(11)16-7-6-14(26-4)8-20(16)27-5/h6-8,15,17,19H,9-10H2,1-5H3/t15-,17+,19-/m1/s1. The minimum absolute atomic E-state index is 0.0256. The molecule has 0 saturated heterocycles. The van der Waals surface area contributed by atoms with Crippen LogP contribution in [0.4, 0.5) is 5.69 Å².